The van der Waals surface area contributed by atoms with E-state index < -0.39 is 5.41 Å². The van der Waals surface area contributed by atoms with Crippen LogP contribution in [0, 0.1) is 0 Å². The zero-order chi connectivity index (χ0) is 29.9. The maximum absolute atomic E-state index is 6.63. The SMILES string of the molecule is CC1(C)c2ccccc2Oc2cc(-c3cccc4c3C3(c5ccccc5-4)c4ccccc4-c4c3ccc3ccccc43)ccc21. The highest BCUT2D eigenvalue weighted by molar-refractivity contribution is 6.07. The first-order valence-corrected chi connectivity index (χ1v) is 15.9. The second kappa shape index (κ2) is 8.61. The minimum atomic E-state index is -0.429. The van der Waals surface area contributed by atoms with Crippen molar-refractivity contribution in [1.29, 1.82) is 0 Å². The summed E-state index contributed by atoms with van der Waals surface area (Å²) in [5, 5.41) is 2.59. The van der Waals surface area contributed by atoms with Gasteiger partial charge in [0, 0.05) is 16.5 Å². The van der Waals surface area contributed by atoms with E-state index in [1.807, 2.05) is 0 Å². The van der Waals surface area contributed by atoms with Crippen molar-refractivity contribution in [3.05, 3.63) is 179 Å². The van der Waals surface area contributed by atoms with Crippen molar-refractivity contribution >= 4 is 10.8 Å². The Hall–Kier alpha value is -5.40. The molecule has 0 radical (unpaired) electrons. The van der Waals surface area contributed by atoms with Gasteiger partial charge >= 0.3 is 0 Å². The van der Waals surface area contributed by atoms with Crippen molar-refractivity contribution in [2.45, 2.75) is 24.7 Å². The molecule has 212 valence electrons. The Morgan fingerprint density at radius 2 is 1.07 bits per heavy atom. The lowest BCUT2D eigenvalue weighted by molar-refractivity contribution is 0.418. The fraction of sp³-hybridized carbons (Fsp3) is 0.0909. The monoisotopic (exact) mass is 574 g/mol. The van der Waals surface area contributed by atoms with Gasteiger partial charge in [-0.15, -0.1) is 0 Å². The first kappa shape index (κ1) is 25.0. The van der Waals surface area contributed by atoms with E-state index in [9.17, 15) is 0 Å². The Morgan fingerprint density at radius 1 is 0.444 bits per heavy atom. The molecule has 0 saturated carbocycles. The van der Waals surface area contributed by atoms with Crippen molar-refractivity contribution < 1.29 is 4.74 Å². The van der Waals surface area contributed by atoms with Crippen molar-refractivity contribution in [2.24, 2.45) is 0 Å². The summed E-state index contributed by atoms with van der Waals surface area (Å²) in [6.07, 6.45) is 0. The van der Waals surface area contributed by atoms with Gasteiger partial charge in [-0.3, -0.25) is 0 Å². The summed E-state index contributed by atoms with van der Waals surface area (Å²) in [4.78, 5) is 0. The molecule has 45 heavy (non-hydrogen) atoms. The summed E-state index contributed by atoms with van der Waals surface area (Å²) in [7, 11) is 0. The molecule has 0 bridgehead atoms. The van der Waals surface area contributed by atoms with Gasteiger partial charge in [0.05, 0.1) is 5.41 Å². The Morgan fingerprint density at radius 3 is 1.93 bits per heavy atom. The average molecular weight is 575 g/mol. The van der Waals surface area contributed by atoms with Gasteiger partial charge in [-0.25, -0.2) is 0 Å². The Kier molecular flexibility index (Phi) is 4.78. The van der Waals surface area contributed by atoms with E-state index in [1.54, 1.807) is 0 Å². The van der Waals surface area contributed by atoms with Crippen LogP contribution in [0.3, 0.4) is 0 Å². The summed E-state index contributed by atoms with van der Waals surface area (Å²) in [5.74, 6) is 1.89. The number of ether oxygens (including phenoxy) is 1. The van der Waals surface area contributed by atoms with Crippen LogP contribution in [0.25, 0.3) is 44.2 Å². The summed E-state index contributed by atoms with van der Waals surface area (Å²) < 4.78 is 6.63. The number of benzene rings is 7. The fourth-order valence-corrected chi connectivity index (χ4v) is 8.83. The van der Waals surface area contributed by atoms with Crippen LogP contribution in [-0.4, -0.2) is 0 Å². The van der Waals surface area contributed by atoms with Gasteiger partial charge in [-0.1, -0.05) is 147 Å². The lowest BCUT2D eigenvalue weighted by atomic mass is 9.68. The van der Waals surface area contributed by atoms with Crippen LogP contribution in [0.5, 0.6) is 11.5 Å². The van der Waals surface area contributed by atoms with E-state index in [4.69, 9.17) is 4.74 Å². The van der Waals surface area contributed by atoms with Gasteiger partial charge in [0.1, 0.15) is 11.5 Å². The second-order valence-corrected chi connectivity index (χ2v) is 13.2. The van der Waals surface area contributed by atoms with Gasteiger partial charge in [-0.2, -0.15) is 0 Å². The van der Waals surface area contributed by atoms with Gasteiger partial charge < -0.3 is 4.74 Å². The molecule has 1 heteroatoms. The molecule has 1 atom stereocenters. The van der Waals surface area contributed by atoms with Crippen molar-refractivity contribution in [1.82, 2.24) is 0 Å². The molecule has 0 saturated heterocycles. The lowest BCUT2D eigenvalue weighted by Crippen LogP contribution is -2.26. The van der Waals surface area contributed by atoms with Gasteiger partial charge in [0.2, 0.25) is 0 Å². The molecule has 10 rings (SSSR count). The Labute approximate surface area is 263 Å². The first-order valence-electron chi connectivity index (χ1n) is 15.9. The molecule has 0 amide bonds. The van der Waals surface area contributed by atoms with E-state index >= 15 is 0 Å². The predicted octanol–water partition coefficient (Wildman–Crippen LogP) is 11.3. The highest BCUT2D eigenvalue weighted by Gasteiger charge is 2.53. The van der Waals surface area contributed by atoms with Crippen LogP contribution in [0.1, 0.15) is 47.2 Å². The smallest absolute Gasteiger partial charge is 0.132 e. The highest BCUT2D eigenvalue weighted by atomic mass is 16.5. The minimum absolute atomic E-state index is 0.150. The lowest BCUT2D eigenvalue weighted by Gasteiger charge is -2.35. The normalized spacial score (nSPS) is 17.6. The molecule has 3 aliphatic rings. The molecule has 1 unspecified atom stereocenters. The molecule has 0 fully saturated rings. The molecule has 0 aromatic heterocycles. The first-order chi connectivity index (χ1) is 22.1. The predicted molar refractivity (Wildman–Crippen MR) is 184 cm³/mol. The van der Waals surface area contributed by atoms with E-state index in [-0.39, 0.29) is 5.41 Å². The van der Waals surface area contributed by atoms with Crippen LogP contribution in [-0.2, 0) is 10.8 Å². The maximum atomic E-state index is 6.63. The van der Waals surface area contributed by atoms with E-state index in [0.29, 0.717) is 0 Å². The molecular weight excluding hydrogens is 544 g/mol. The fourth-order valence-electron chi connectivity index (χ4n) is 8.83. The number of hydrogen-bond acceptors (Lipinski definition) is 1. The van der Waals surface area contributed by atoms with Crippen LogP contribution in [0.4, 0.5) is 0 Å². The largest absolute Gasteiger partial charge is 0.457 e. The Bertz CT molecular complexity index is 2390. The number of para-hydroxylation sites is 1. The minimum Gasteiger partial charge on any atom is -0.457 e. The summed E-state index contributed by atoms with van der Waals surface area (Å²) >= 11 is 0. The van der Waals surface area contributed by atoms with Crippen LogP contribution < -0.4 is 4.74 Å². The molecular formula is C44H30O. The molecule has 2 aliphatic carbocycles. The molecule has 1 nitrogen and oxygen atoms in total. The average Bonchev–Trinajstić information content (AvgIpc) is 3.56. The van der Waals surface area contributed by atoms with Crippen LogP contribution in [0.15, 0.2) is 146 Å². The third kappa shape index (κ3) is 3.03. The number of hydrogen-bond donors (Lipinski definition) is 0. The van der Waals surface area contributed by atoms with E-state index in [1.165, 1.54) is 77.5 Å². The second-order valence-electron chi connectivity index (χ2n) is 13.2. The molecule has 1 aliphatic heterocycles. The zero-order valence-corrected chi connectivity index (χ0v) is 25.3. The Balaban J connectivity index is 1.30. The van der Waals surface area contributed by atoms with Crippen molar-refractivity contribution in [2.75, 3.05) is 0 Å². The molecule has 1 heterocycles. The molecule has 1 spiro atoms. The highest BCUT2D eigenvalue weighted by Crippen LogP contribution is 2.65. The third-order valence-electron chi connectivity index (χ3n) is 10.7. The molecule has 7 aromatic rings. The topological polar surface area (TPSA) is 9.23 Å². The molecule has 7 aromatic carbocycles. The third-order valence-corrected chi connectivity index (χ3v) is 10.7. The van der Waals surface area contributed by atoms with Gasteiger partial charge in [-0.05, 0) is 78.5 Å². The number of rotatable bonds is 1. The van der Waals surface area contributed by atoms with Crippen molar-refractivity contribution in [3.63, 3.8) is 0 Å². The van der Waals surface area contributed by atoms with Crippen LogP contribution in [0.2, 0.25) is 0 Å². The maximum Gasteiger partial charge on any atom is 0.132 e. The van der Waals surface area contributed by atoms with E-state index in [0.717, 1.165) is 11.5 Å². The zero-order valence-electron chi connectivity index (χ0n) is 25.3. The van der Waals surface area contributed by atoms with E-state index in [2.05, 4.69) is 159 Å². The van der Waals surface area contributed by atoms with Gasteiger partial charge in [0.15, 0.2) is 0 Å². The number of fused-ring (bicyclic) bond motifs is 14. The molecule has 0 N–H and O–H groups in total. The summed E-state index contributed by atoms with van der Waals surface area (Å²) in [6, 6.07) is 53.9. The quantitative estimate of drug-likeness (QED) is 0.189. The summed E-state index contributed by atoms with van der Waals surface area (Å²) in [5.41, 5.74) is 15.1. The standard InChI is InChI=1S/C44H30O/c1-43(2)36-20-9-10-21-39(36)45-40-26-28(23-24-37(40)43)30-16-11-17-32-31-14-5-7-18-34(31)44(42(30)32)35-19-8-6-15-33(35)41-29-13-4-3-12-27(29)22-25-38(41)44/h3-26H,1-2H3. The van der Waals surface area contributed by atoms with Gasteiger partial charge in [0.25, 0.3) is 0 Å². The summed E-state index contributed by atoms with van der Waals surface area (Å²) in [6.45, 7) is 4.60. The van der Waals surface area contributed by atoms with Crippen molar-refractivity contribution in [3.8, 4) is 44.9 Å². The van der Waals surface area contributed by atoms with Crippen LogP contribution >= 0.6 is 0 Å².